The number of aromatic nitrogens is 1. The van der Waals surface area contributed by atoms with E-state index < -0.39 is 5.97 Å². The van der Waals surface area contributed by atoms with Crippen molar-refractivity contribution in [1.82, 2.24) is 10.3 Å². The number of aliphatic carboxylic acids is 1. The van der Waals surface area contributed by atoms with E-state index in [1.54, 1.807) is 18.3 Å². The van der Waals surface area contributed by atoms with E-state index in [-0.39, 0.29) is 18.2 Å². The third-order valence-corrected chi connectivity index (χ3v) is 2.74. The van der Waals surface area contributed by atoms with Gasteiger partial charge in [-0.1, -0.05) is 13.8 Å². The first-order valence-electron chi connectivity index (χ1n) is 6.39. The number of pyridine rings is 1. The third-order valence-electron chi connectivity index (χ3n) is 2.74. The Hall–Kier alpha value is -1.91. The van der Waals surface area contributed by atoms with Gasteiger partial charge in [-0.3, -0.25) is 14.6 Å². The van der Waals surface area contributed by atoms with Gasteiger partial charge in [0, 0.05) is 25.4 Å². The SMILES string of the molecule is CC(C)CC(CNC(=O)c1cccnc1)CC(=O)O. The lowest BCUT2D eigenvalue weighted by Gasteiger charge is -2.17. The molecule has 1 atom stereocenters. The highest BCUT2D eigenvalue weighted by molar-refractivity contribution is 5.93. The van der Waals surface area contributed by atoms with Gasteiger partial charge in [-0.05, 0) is 30.4 Å². The molecule has 0 aliphatic carbocycles. The maximum absolute atomic E-state index is 11.8. The van der Waals surface area contributed by atoms with E-state index >= 15 is 0 Å². The van der Waals surface area contributed by atoms with Crippen LogP contribution in [0.5, 0.6) is 0 Å². The summed E-state index contributed by atoms with van der Waals surface area (Å²) in [6, 6.07) is 3.37. The predicted octanol–water partition coefficient (Wildman–Crippen LogP) is 1.95. The summed E-state index contributed by atoms with van der Waals surface area (Å²) in [5.41, 5.74) is 0.487. The second kappa shape index (κ2) is 7.51. The fourth-order valence-corrected chi connectivity index (χ4v) is 1.99. The van der Waals surface area contributed by atoms with Crippen molar-refractivity contribution in [3.8, 4) is 0 Å². The molecule has 5 heteroatoms. The second-order valence-electron chi connectivity index (χ2n) is 5.05. The van der Waals surface area contributed by atoms with Crippen LogP contribution in [0, 0.1) is 11.8 Å². The Kier molecular flexibility index (Phi) is 5.99. The first-order chi connectivity index (χ1) is 8.99. The number of hydrogen-bond donors (Lipinski definition) is 2. The summed E-state index contributed by atoms with van der Waals surface area (Å²) < 4.78 is 0. The van der Waals surface area contributed by atoms with E-state index in [9.17, 15) is 9.59 Å². The lowest BCUT2D eigenvalue weighted by atomic mass is 9.94. The maximum atomic E-state index is 11.8. The number of rotatable bonds is 7. The van der Waals surface area contributed by atoms with E-state index in [1.165, 1.54) is 6.20 Å². The number of nitrogens with zero attached hydrogens (tertiary/aromatic N) is 1. The molecule has 0 spiro atoms. The molecule has 2 N–H and O–H groups in total. The van der Waals surface area contributed by atoms with Gasteiger partial charge in [-0.25, -0.2) is 0 Å². The third kappa shape index (κ3) is 5.99. The summed E-state index contributed by atoms with van der Waals surface area (Å²) in [6.45, 7) is 4.45. The van der Waals surface area contributed by atoms with Crippen molar-refractivity contribution in [1.29, 1.82) is 0 Å². The number of carboxylic acid groups (broad SMARTS) is 1. The summed E-state index contributed by atoms with van der Waals surface area (Å²) in [5.74, 6) is -0.689. The Labute approximate surface area is 113 Å². The molecule has 0 saturated carbocycles. The Morgan fingerprint density at radius 2 is 2.16 bits per heavy atom. The Bertz CT molecular complexity index is 418. The summed E-state index contributed by atoms with van der Waals surface area (Å²) >= 11 is 0. The van der Waals surface area contributed by atoms with E-state index in [0.29, 0.717) is 18.0 Å². The van der Waals surface area contributed by atoms with Crippen molar-refractivity contribution in [2.45, 2.75) is 26.7 Å². The molecule has 5 nitrogen and oxygen atoms in total. The van der Waals surface area contributed by atoms with Gasteiger partial charge in [0.2, 0.25) is 0 Å². The number of carbonyl (C=O) groups is 2. The molecule has 0 saturated heterocycles. The van der Waals surface area contributed by atoms with Crippen LogP contribution in [-0.4, -0.2) is 28.5 Å². The molecule has 104 valence electrons. The number of nitrogens with one attached hydrogen (secondary N) is 1. The van der Waals surface area contributed by atoms with E-state index in [2.05, 4.69) is 10.3 Å². The van der Waals surface area contributed by atoms with Gasteiger partial charge in [0.15, 0.2) is 0 Å². The summed E-state index contributed by atoms with van der Waals surface area (Å²) in [4.78, 5) is 26.5. The van der Waals surface area contributed by atoms with Crippen molar-refractivity contribution in [2.75, 3.05) is 6.54 Å². The standard InChI is InChI=1S/C14H20N2O3/c1-10(2)6-11(7-13(17)18)8-16-14(19)12-4-3-5-15-9-12/h3-5,9-11H,6-8H2,1-2H3,(H,16,19)(H,17,18). The summed E-state index contributed by atoms with van der Waals surface area (Å²) in [7, 11) is 0. The van der Waals surface area contributed by atoms with Gasteiger partial charge in [-0.2, -0.15) is 0 Å². The van der Waals surface area contributed by atoms with Gasteiger partial charge < -0.3 is 10.4 Å². The predicted molar refractivity (Wildman–Crippen MR) is 71.8 cm³/mol. The second-order valence-corrected chi connectivity index (χ2v) is 5.05. The maximum Gasteiger partial charge on any atom is 0.303 e. The largest absolute Gasteiger partial charge is 0.481 e. The highest BCUT2D eigenvalue weighted by atomic mass is 16.4. The highest BCUT2D eigenvalue weighted by Gasteiger charge is 2.16. The van der Waals surface area contributed by atoms with Crippen LogP contribution in [0.3, 0.4) is 0 Å². The van der Waals surface area contributed by atoms with Crippen molar-refractivity contribution in [2.24, 2.45) is 11.8 Å². The molecule has 0 bridgehead atoms. The number of hydrogen-bond acceptors (Lipinski definition) is 3. The van der Waals surface area contributed by atoms with Crippen LogP contribution in [0.1, 0.15) is 37.0 Å². The number of amides is 1. The van der Waals surface area contributed by atoms with Crippen LogP contribution < -0.4 is 5.32 Å². The smallest absolute Gasteiger partial charge is 0.303 e. The minimum absolute atomic E-state index is 0.0434. The van der Waals surface area contributed by atoms with Crippen LogP contribution in [0.15, 0.2) is 24.5 Å². The zero-order valence-corrected chi connectivity index (χ0v) is 11.3. The van der Waals surface area contributed by atoms with E-state index in [0.717, 1.165) is 6.42 Å². The van der Waals surface area contributed by atoms with Gasteiger partial charge in [-0.15, -0.1) is 0 Å². The summed E-state index contributed by atoms with van der Waals surface area (Å²) in [5, 5.41) is 11.6. The summed E-state index contributed by atoms with van der Waals surface area (Å²) in [6.07, 6.45) is 3.94. The molecule has 0 radical (unpaired) electrons. The Morgan fingerprint density at radius 3 is 2.68 bits per heavy atom. The molecule has 1 amide bonds. The number of carbonyl (C=O) groups excluding carboxylic acids is 1. The average Bonchev–Trinajstić information content (AvgIpc) is 2.35. The van der Waals surface area contributed by atoms with Crippen molar-refractivity contribution < 1.29 is 14.7 Å². The molecular formula is C14H20N2O3. The van der Waals surface area contributed by atoms with Crippen LogP contribution in [0.25, 0.3) is 0 Å². The highest BCUT2D eigenvalue weighted by Crippen LogP contribution is 2.14. The van der Waals surface area contributed by atoms with Crippen LogP contribution in [0.2, 0.25) is 0 Å². The van der Waals surface area contributed by atoms with Crippen molar-refractivity contribution in [3.05, 3.63) is 30.1 Å². The fraction of sp³-hybridized carbons (Fsp3) is 0.500. The Morgan fingerprint density at radius 1 is 1.42 bits per heavy atom. The van der Waals surface area contributed by atoms with Gasteiger partial charge in [0.05, 0.1) is 5.56 Å². The zero-order chi connectivity index (χ0) is 14.3. The molecule has 0 aliphatic rings. The first-order valence-corrected chi connectivity index (χ1v) is 6.39. The molecule has 0 fully saturated rings. The lowest BCUT2D eigenvalue weighted by Crippen LogP contribution is -2.31. The average molecular weight is 264 g/mol. The quantitative estimate of drug-likeness (QED) is 0.789. The van der Waals surface area contributed by atoms with Crippen LogP contribution >= 0.6 is 0 Å². The molecule has 1 aromatic rings. The zero-order valence-electron chi connectivity index (χ0n) is 11.3. The monoisotopic (exact) mass is 264 g/mol. The van der Waals surface area contributed by atoms with Crippen molar-refractivity contribution >= 4 is 11.9 Å². The Balaban J connectivity index is 2.51. The molecule has 1 unspecified atom stereocenters. The topological polar surface area (TPSA) is 79.3 Å². The van der Waals surface area contributed by atoms with Crippen LogP contribution in [0.4, 0.5) is 0 Å². The van der Waals surface area contributed by atoms with Gasteiger partial charge in [0.25, 0.3) is 5.91 Å². The molecular weight excluding hydrogens is 244 g/mol. The molecule has 1 aromatic heterocycles. The normalized spacial score (nSPS) is 12.2. The minimum Gasteiger partial charge on any atom is -0.481 e. The molecule has 1 rings (SSSR count). The van der Waals surface area contributed by atoms with Crippen LogP contribution in [-0.2, 0) is 4.79 Å². The van der Waals surface area contributed by atoms with Gasteiger partial charge in [0.1, 0.15) is 0 Å². The first kappa shape index (κ1) is 15.1. The minimum atomic E-state index is -0.832. The molecule has 0 aliphatic heterocycles. The molecule has 0 aromatic carbocycles. The van der Waals surface area contributed by atoms with E-state index in [1.807, 2.05) is 13.8 Å². The number of carboxylic acids is 1. The van der Waals surface area contributed by atoms with Crippen molar-refractivity contribution in [3.63, 3.8) is 0 Å². The fourth-order valence-electron chi connectivity index (χ4n) is 1.99. The van der Waals surface area contributed by atoms with E-state index in [4.69, 9.17) is 5.11 Å². The molecule has 1 heterocycles. The molecule has 19 heavy (non-hydrogen) atoms. The van der Waals surface area contributed by atoms with Gasteiger partial charge >= 0.3 is 5.97 Å². The lowest BCUT2D eigenvalue weighted by molar-refractivity contribution is -0.138.